The van der Waals surface area contributed by atoms with Crippen molar-refractivity contribution < 1.29 is 0 Å². The molecule has 0 fully saturated rings. The Labute approximate surface area is 86.5 Å². The summed E-state index contributed by atoms with van der Waals surface area (Å²) in [7, 11) is 2.00. The Morgan fingerprint density at radius 3 is 2.79 bits per heavy atom. The van der Waals surface area contributed by atoms with Gasteiger partial charge in [-0.05, 0) is 38.9 Å². The molecule has 0 saturated carbocycles. The summed E-state index contributed by atoms with van der Waals surface area (Å²) in [4.78, 5) is 0. The van der Waals surface area contributed by atoms with Crippen LogP contribution in [0.4, 0.5) is 0 Å². The van der Waals surface area contributed by atoms with Crippen molar-refractivity contribution in [2.45, 2.75) is 25.8 Å². The summed E-state index contributed by atoms with van der Waals surface area (Å²) in [5.41, 5.74) is 8.19. The minimum absolute atomic E-state index is 0.443. The lowest BCUT2D eigenvalue weighted by molar-refractivity contribution is 0.531. The molecular formula is C12H20N2. The molecule has 14 heavy (non-hydrogen) atoms. The SMILES string of the molecule is CNC(CCCN)c1cccc(C)c1. The van der Waals surface area contributed by atoms with Crippen LogP contribution in [-0.4, -0.2) is 13.6 Å². The van der Waals surface area contributed by atoms with Crippen LogP contribution < -0.4 is 11.1 Å². The van der Waals surface area contributed by atoms with Crippen LogP contribution in [-0.2, 0) is 0 Å². The molecule has 0 saturated heterocycles. The lowest BCUT2D eigenvalue weighted by atomic mass is 10.0. The smallest absolute Gasteiger partial charge is 0.0318 e. The second-order valence-corrected chi connectivity index (χ2v) is 3.69. The highest BCUT2D eigenvalue weighted by molar-refractivity contribution is 5.24. The van der Waals surface area contributed by atoms with Crippen LogP contribution in [0.15, 0.2) is 24.3 Å². The molecule has 1 aromatic carbocycles. The molecule has 0 aliphatic rings. The highest BCUT2D eigenvalue weighted by Gasteiger charge is 2.07. The molecule has 0 amide bonds. The zero-order valence-electron chi connectivity index (χ0n) is 9.09. The van der Waals surface area contributed by atoms with Crippen molar-refractivity contribution in [1.29, 1.82) is 0 Å². The first-order chi connectivity index (χ1) is 6.77. The monoisotopic (exact) mass is 192 g/mol. The Morgan fingerprint density at radius 1 is 1.43 bits per heavy atom. The number of benzene rings is 1. The molecule has 1 rings (SSSR count). The van der Waals surface area contributed by atoms with Crippen LogP contribution in [0.2, 0.25) is 0 Å². The van der Waals surface area contributed by atoms with E-state index in [1.54, 1.807) is 0 Å². The zero-order chi connectivity index (χ0) is 10.4. The standard InChI is InChI=1S/C12H20N2/c1-10-5-3-6-11(9-10)12(14-2)7-4-8-13/h3,5-6,9,12,14H,4,7-8,13H2,1-2H3. The molecule has 0 aromatic heterocycles. The third-order valence-corrected chi connectivity index (χ3v) is 2.49. The fourth-order valence-corrected chi connectivity index (χ4v) is 1.69. The second-order valence-electron chi connectivity index (χ2n) is 3.69. The molecule has 1 unspecified atom stereocenters. The van der Waals surface area contributed by atoms with E-state index in [0.29, 0.717) is 6.04 Å². The van der Waals surface area contributed by atoms with Gasteiger partial charge in [0.25, 0.3) is 0 Å². The molecular weight excluding hydrogens is 172 g/mol. The second kappa shape index (κ2) is 5.78. The normalized spacial score (nSPS) is 12.8. The number of nitrogens with two attached hydrogens (primary N) is 1. The lowest BCUT2D eigenvalue weighted by Crippen LogP contribution is -2.17. The largest absolute Gasteiger partial charge is 0.330 e. The molecule has 0 aliphatic carbocycles. The molecule has 1 atom stereocenters. The van der Waals surface area contributed by atoms with E-state index in [2.05, 4.69) is 36.5 Å². The minimum atomic E-state index is 0.443. The molecule has 2 heteroatoms. The van der Waals surface area contributed by atoms with Gasteiger partial charge in [-0.3, -0.25) is 0 Å². The summed E-state index contributed by atoms with van der Waals surface area (Å²) >= 11 is 0. The van der Waals surface area contributed by atoms with Crippen LogP contribution in [0.5, 0.6) is 0 Å². The summed E-state index contributed by atoms with van der Waals surface area (Å²) < 4.78 is 0. The van der Waals surface area contributed by atoms with Crippen molar-refractivity contribution >= 4 is 0 Å². The maximum absolute atomic E-state index is 5.51. The van der Waals surface area contributed by atoms with Crippen molar-refractivity contribution in [3.05, 3.63) is 35.4 Å². The molecule has 3 N–H and O–H groups in total. The molecule has 0 aliphatic heterocycles. The van der Waals surface area contributed by atoms with E-state index >= 15 is 0 Å². The van der Waals surface area contributed by atoms with Gasteiger partial charge in [-0.25, -0.2) is 0 Å². The van der Waals surface area contributed by atoms with E-state index in [4.69, 9.17) is 5.73 Å². The van der Waals surface area contributed by atoms with E-state index in [9.17, 15) is 0 Å². The number of hydrogen-bond acceptors (Lipinski definition) is 2. The van der Waals surface area contributed by atoms with Crippen molar-refractivity contribution in [2.24, 2.45) is 5.73 Å². The quantitative estimate of drug-likeness (QED) is 0.748. The number of hydrogen-bond donors (Lipinski definition) is 2. The van der Waals surface area contributed by atoms with E-state index in [-0.39, 0.29) is 0 Å². The van der Waals surface area contributed by atoms with Gasteiger partial charge in [-0.2, -0.15) is 0 Å². The topological polar surface area (TPSA) is 38.0 Å². The van der Waals surface area contributed by atoms with Gasteiger partial charge in [0, 0.05) is 6.04 Å². The highest BCUT2D eigenvalue weighted by Crippen LogP contribution is 2.18. The predicted octanol–water partition coefficient (Wildman–Crippen LogP) is 1.99. The third kappa shape index (κ3) is 3.13. The van der Waals surface area contributed by atoms with Gasteiger partial charge in [0.1, 0.15) is 0 Å². The summed E-state index contributed by atoms with van der Waals surface area (Å²) in [6.07, 6.45) is 2.18. The van der Waals surface area contributed by atoms with Crippen LogP contribution >= 0.6 is 0 Å². The Hall–Kier alpha value is -0.860. The van der Waals surface area contributed by atoms with Crippen molar-refractivity contribution in [1.82, 2.24) is 5.32 Å². The van der Waals surface area contributed by atoms with E-state index in [0.717, 1.165) is 19.4 Å². The first kappa shape index (κ1) is 11.2. The van der Waals surface area contributed by atoms with E-state index in [1.807, 2.05) is 7.05 Å². The summed E-state index contributed by atoms with van der Waals surface area (Å²) in [5, 5.41) is 3.32. The van der Waals surface area contributed by atoms with Crippen LogP contribution in [0.1, 0.15) is 30.0 Å². The first-order valence-corrected chi connectivity index (χ1v) is 5.22. The maximum Gasteiger partial charge on any atom is 0.0318 e. The fourth-order valence-electron chi connectivity index (χ4n) is 1.69. The number of nitrogens with one attached hydrogen (secondary N) is 1. The van der Waals surface area contributed by atoms with E-state index < -0.39 is 0 Å². The maximum atomic E-state index is 5.51. The van der Waals surface area contributed by atoms with Gasteiger partial charge in [-0.15, -0.1) is 0 Å². The van der Waals surface area contributed by atoms with E-state index in [1.165, 1.54) is 11.1 Å². The van der Waals surface area contributed by atoms with Crippen LogP contribution in [0.3, 0.4) is 0 Å². The van der Waals surface area contributed by atoms with Crippen molar-refractivity contribution in [3.63, 3.8) is 0 Å². The summed E-state index contributed by atoms with van der Waals surface area (Å²) in [5.74, 6) is 0. The first-order valence-electron chi connectivity index (χ1n) is 5.22. The molecule has 0 bridgehead atoms. The fraction of sp³-hybridized carbons (Fsp3) is 0.500. The Morgan fingerprint density at radius 2 is 2.21 bits per heavy atom. The third-order valence-electron chi connectivity index (χ3n) is 2.49. The van der Waals surface area contributed by atoms with Gasteiger partial charge in [0.2, 0.25) is 0 Å². The van der Waals surface area contributed by atoms with Gasteiger partial charge >= 0.3 is 0 Å². The van der Waals surface area contributed by atoms with Gasteiger partial charge in [-0.1, -0.05) is 29.8 Å². The lowest BCUT2D eigenvalue weighted by Gasteiger charge is -2.16. The highest BCUT2D eigenvalue weighted by atomic mass is 14.9. The Bertz CT molecular complexity index is 271. The molecule has 78 valence electrons. The average Bonchev–Trinajstić information content (AvgIpc) is 2.19. The Kier molecular flexibility index (Phi) is 4.63. The molecule has 0 radical (unpaired) electrons. The van der Waals surface area contributed by atoms with Gasteiger partial charge in [0.05, 0.1) is 0 Å². The Balaban J connectivity index is 2.68. The summed E-state index contributed by atoms with van der Waals surface area (Å²) in [6, 6.07) is 9.08. The molecule has 2 nitrogen and oxygen atoms in total. The molecule has 0 heterocycles. The zero-order valence-corrected chi connectivity index (χ0v) is 9.09. The number of rotatable bonds is 5. The summed E-state index contributed by atoms with van der Waals surface area (Å²) in [6.45, 7) is 2.89. The predicted molar refractivity (Wildman–Crippen MR) is 61.3 cm³/mol. The minimum Gasteiger partial charge on any atom is -0.330 e. The molecule has 1 aromatic rings. The average molecular weight is 192 g/mol. The van der Waals surface area contributed by atoms with Crippen molar-refractivity contribution in [2.75, 3.05) is 13.6 Å². The van der Waals surface area contributed by atoms with Crippen molar-refractivity contribution in [3.8, 4) is 0 Å². The van der Waals surface area contributed by atoms with Gasteiger partial charge < -0.3 is 11.1 Å². The van der Waals surface area contributed by atoms with Crippen LogP contribution in [0, 0.1) is 6.92 Å². The van der Waals surface area contributed by atoms with Gasteiger partial charge in [0.15, 0.2) is 0 Å². The number of aryl methyl sites for hydroxylation is 1. The molecule has 0 spiro atoms. The van der Waals surface area contributed by atoms with Crippen LogP contribution in [0.25, 0.3) is 0 Å².